The van der Waals surface area contributed by atoms with Crippen LogP contribution in [0.1, 0.15) is 18.2 Å². The number of nitrogen functional groups attached to an aromatic ring is 1. The number of rotatable bonds is 5. The largest absolute Gasteiger partial charge is 0.382 e. The Morgan fingerprint density at radius 1 is 1.30 bits per heavy atom. The van der Waals surface area contributed by atoms with E-state index in [9.17, 15) is 4.39 Å². The average molecular weight is 272 g/mol. The first kappa shape index (κ1) is 14.0. The van der Waals surface area contributed by atoms with E-state index in [-0.39, 0.29) is 11.7 Å². The number of anilines is 1. The molecule has 1 aromatic carbocycles. The van der Waals surface area contributed by atoms with Crippen LogP contribution in [-0.2, 0) is 6.54 Å². The van der Waals surface area contributed by atoms with Gasteiger partial charge in [-0.1, -0.05) is 18.2 Å². The molecule has 2 aromatic rings. The third kappa shape index (κ3) is 2.93. The molecule has 2 rings (SSSR count). The van der Waals surface area contributed by atoms with Gasteiger partial charge < -0.3 is 10.6 Å². The van der Waals surface area contributed by atoms with Gasteiger partial charge in [-0.3, -0.25) is 10.4 Å². The van der Waals surface area contributed by atoms with Crippen LogP contribution < -0.4 is 10.6 Å². The predicted octanol–water partition coefficient (Wildman–Crippen LogP) is 2.53. The molecule has 0 aliphatic heterocycles. The van der Waals surface area contributed by atoms with Crippen molar-refractivity contribution in [3.8, 4) is 0 Å². The molecule has 5 heteroatoms. The number of hydrogen-bond donors (Lipinski definition) is 2. The summed E-state index contributed by atoms with van der Waals surface area (Å²) in [6.07, 6.45) is 1.60. The second-order valence-electron chi connectivity index (χ2n) is 4.39. The van der Waals surface area contributed by atoms with Crippen molar-refractivity contribution in [3.05, 3.63) is 59.7 Å². The van der Waals surface area contributed by atoms with Gasteiger partial charge in [0.2, 0.25) is 0 Å². The Balaban J connectivity index is 2.32. The predicted molar refractivity (Wildman–Crippen MR) is 78.4 cm³/mol. The number of pyridine rings is 1. The molecule has 1 heterocycles. The zero-order chi connectivity index (χ0) is 14.5. The summed E-state index contributed by atoms with van der Waals surface area (Å²) in [4.78, 5) is 6.00. The monoisotopic (exact) mass is 272 g/mol. The number of nitrogens with zero attached hydrogens (tertiary/aromatic N) is 2. The van der Waals surface area contributed by atoms with Gasteiger partial charge in [0.25, 0.3) is 0 Å². The number of para-hydroxylation sites is 1. The van der Waals surface area contributed by atoms with E-state index in [0.717, 1.165) is 5.56 Å². The van der Waals surface area contributed by atoms with Crippen molar-refractivity contribution >= 4 is 11.5 Å². The molecule has 0 spiro atoms. The van der Waals surface area contributed by atoms with Crippen LogP contribution in [-0.4, -0.2) is 17.4 Å². The summed E-state index contributed by atoms with van der Waals surface area (Å²) < 4.78 is 13.9. The minimum atomic E-state index is -0.261. The fourth-order valence-corrected chi connectivity index (χ4v) is 2.09. The van der Waals surface area contributed by atoms with Crippen LogP contribution in [0.25, 0.3) is 0 Å². The number of nitrogens with two attached hydrogens (primary N) is 1. The standard InChI is InChI=1S/C15H17FN4/c1-2-20(13-8-4-3-7-12(13)16)10-11-6-5-9-19-14(11)15(17)18/h3-9H,2,10H2,1H3,(H3,17,18). The first-order valence-electron chi connectivity index (χ1n) is 6.41. The molecule has 0 amide bonds. The molecule has 0 atom stereocenters. The first-order chi connectivity index (χ1) is 9.63. The van der Waals surface area contributed by atoms with Crippen molar-refractivity contribution < 1.29 is 4.39 Å². The molecule has 1 aromatic heterocycles. The van der Waals surface area contributed by atoms with E-state index >= 15 is 0 Å². The Morgan fingerprint density at radius 2 is 2.05 bits per heavy atom. The summed E-state index contributed by atoms with van der Waals surface area (Å²) in [6, 6.07) is 10.3. The van der Waals surface area contributed by atoms with Crippen LogP contribution in [0.5, 0.6) is 0 Å². The van der Waals surface area contributed by atoms with Crippen molar-refractivity contribution in [2.24, 2.45) is 5.73 Å². The Labute approximate surface area is 117 Å². The van der Waals surface area contributed by atoms with Gasteiger partial charge in [0.1, 0.15) is 17.3 Å². The third-order valence-electron chi connectivity index (χ3n) is 3.08. The molecule has 0 saturated carbocycles. The highest BCUT2D eigenvalue weighted by Gasteiger charge is 2.13. The summed E-state index contributed by atoms with van der Waals surface area (Å²) in [7, 11) is 0. The fourth-order valence-electron chi connectivity index (χ4n) is 2.09. The molecule has 0 radical (unpaired) electrons. The smallest absolute Gasteiger partial charge is 0.146 e. The van der Waals surface area contributed by atoms with Gasteiger partial charge in [-0.15, -0.1) is 0 Å². The van der Waals surface area contributed by atoms with Crippen molar-refractivity contribution in [1.29, 1.82) is 5.41 Å². The molecule has 0 aliphatic rings. The van der Waals surface area contributed by atoms with Crippen molar-refractivity contribution in [2.45, 2.75) is 13.5 Å². The van der Waals surface area contributed by atoms with Gasteiger partial charge >= 0.3 is 0 Å². The van der Waals surface area contributed by atoms with Crippen LogP contribution in [0.3, 0.4) is 0 Å². The molecule has 104 valence electrons. The lowest BCUT2D eigenvalue weighted by molar-refractivity contribution is 0.617. The lowest BCUT2D eigenvalue weighted by atomic mass is 10.1. The number of hydrogen-bond acceptors (Lipinski definition) is 3. The van der Waals surface area contributed by atoms with Crippen LogP contribution >= 0.6 is 0 Å². The van der Waals surface area contributed by atoms with Gasteiger partial charge in [-0.2, -0.15) is 0 Å². The molecular weight excluding hydrogens is 255 g/mol. The van der Waals surface area contributed by atoms with Crippen molar-refractivity contribution in [2.75, 3.05) is 11.4 Å². The SMILES string of the molecule is CCN(Cc1cccnc1C(=N)N)c1ccccc1F. The number of benzene rings is 1. The zero-order valence-electron chi connectivity index (χ0n) is 11.3. The summed E-state index contributed by atoms with van der Waals surface area (Å²) in [6.45, 7) is 3.06. The van der Waals surface area contributed by atoms with Gasteiger partial charge in [0.05, 0.1) is 5.69 Å². The van der Waals surface area contributed by atoms with Crippen molar-refractivity contribution in [1.82, 2.24) is 4.98 Å². The summed E-state index contributed by atoms with van der Waals surface area (Å²) in [5.74, 6) is -0.340. The molecule has 20 heavy (non-hydrogen) atoms. The lowest BCUT2D eigenvalue weighted by Crippen LogP contribution is -2.26. The minimum Gasteiger partial charge on any atom is -0.382 e. The second-order valence-corrected chi connectivity index (χ2v) is 4.39. The Morgan fingerprint density at radius 3 is 2.70 bits per heavy atom. The fraction of sp³-hybridized carbons (Fsp3) is 0.200. The van der Waals surface area contributed by atoms with Crippen molar-refractivity contribution in [3.63, 3.8) is 0 Å². The van der Waals surface area contributed by atoms with Crippen LogP contribution in [0, 0.1) is 11.2 Å². The highest BCUT2D eigenvalue weighted by Crippen LogP contribution is 2.21. The van der Waals surface area contributed by atoms with E-state index in [1.54, 1.807) is 30.5 Å². The molecule has 3 N–H and O–H groups in total. The molecule has 0 unspecified atom stereocenters. The quantitative estimate of drug-likeness (QED) is 0.649. The Bertz CT molecular complexity index is 612. The number of nitrogens with one attached hydrogen (secondary N) is 1. The molecule has 0 aliphatic carbocycles. The van der Waals surface area contributed by atoms with E-state index in [2.05, 4.69) is 4.98 Å². The molecule has 0 bridgehead atoms. The molecule has 4 nitrogen and oxygen atoms in total. The molecule has 0 saturated heterocycles. The highest BCUT2D eigenvalue weighted by molar-refractivity contribution is 5.94. The van der Waals surface area contributed by atoms with Gasteiger partial charge in [0.15, 0.2) is 0 Å². The van der Waals surface area contributed by atoms with Gasteiger partial charge in [-0.25, -0.2) is 4.39 Å². The second kappa shape index (κ2) is 6.14. The van der Waals surface area contributed by atoms with E-state index < -0.39 is 0 Å². The Kier molecular flexibility index (Phi) is 4.30. The van der Waals surface area contributed by atoms with Crippen LogP contribution in [0.4, 0.5) is 10.1 Å². The van der Waals surface area contributed by atoms with Crippen LogP contribution in [0.2, 0.25) is 0 Å². The first-order valence-corrected chi connectivity index (χ1v) is 6.41. The van der Waals surface area contributed by atoms with Crippen LogP contribution in [0.15, 0.2) is 42.6 Å². The summed E-state index contributed by atoms with van der Waals surface area (Å²) >= 11 is 0. The van der Waals surface area contributed by atoms with E-state index in [1.165, 1.54) is 6.07 Å². The summed E-state index contributed by atoms with van der Waals surface area (Å²) in [5.41, 5.74) is 7.32. The summed E-state index contributed by atoms with van der Waals surface area (Å²) in [5, 5.41) is 7.55. The maximum Gasteiger partial charge on any atom is 0.146 e. The maximum atomic E-state index is 13.9. The van der Waals surface area contributed by atoms with E-state index in [0.29, 0.717) is 24.5 Å². The topological polar surface area (TPSA) is 66.0 Å². The normalized spacial score (nSPS) is 10.3. The Hall–Kier alpha value is -2.43. The zero-order valence-corrected chi connectivity index (χ0v) is 11.3. The molecule has 0 fully saturated rings. The lowest BCUT2D eigenvalue weighted by Gasteiger charge is -2.24. The average Bonchev–Trinajstić information content (AvgIpc) is 2.46. The number of amidine groups is 1. The van der Waals surface area contributed by atoms with Gasteiger partial charge in [0, 0.05) is 24.8 Å². The number of halogens is 1. The van der Waals surface area contributed by atoms with Gasteiger partial charge in [-0.05, 0) is 25.1 Å². The minimum absolute atomic E-state index is 0.0785. The highest BCUT2D eigenvalue weighted by atomic mass is 19.1. The maximum absolute atomic E-state index is 13.9. The van der Waals surface area contributed by atoms with E-state index in [4.69, 9.17) is 11.1 Å². The third-order valence-corrected chi connectivity index (χ3v) is 3.08. The van der Waals surface area contributed by atoms with E-state index in [1.807, 2.05) is 17.9 Å². The molecular formula is C15H17FN4. The number of aromatic nitrogens is 1.